The first-order chi connectivity index (χ1) is 24.0. The molecule has 4 N–H and O–H groups in total. The third kappa shape index (κ3) is 6.55. The molecule has 6 rings (SSSR count). The zero-order chi connectivity index (χ0) is 38.3. The number of aliphatic hydroxyl groups is 2. The third-order valence-electron chi connectivity index (χ3n) is 11.6. The maximum absolute atomic E-state index is 12.0. The molecule has 0 amide bonds. The average molecular weight is 699 g/mol. The van der Waals surface area contributed by atoms with Crippen molar-refractivity contribution in [1.82, 2.24) is 0 Å². The molecule has 0 spiro atoms. The Kier molecular flexibility index (Phi) is 9.48. The number of aryl methyl sites for hydroxylation is 4. The van der Waals surface area contributed by atoms with Crippen LogP contribution in [-0.2, 0) is 9.31 Å². The summed E-state index contributed by atoms with van der Waals surface area (Å²) in [6, 6.07) is 25.1. The molecule has 52 heavy (non-hydrogen) atoms. The van der Waals surface area contributed by atoms with Crippen LogP contribution >= 0.6 is 0 Å². The highest BCUT2D eigenvalue weighted by Gasteiger charge is 2.42. The first-order valence-electron chi connectivity index (χ1n) is 18.1. The van der Waals surface area contributed by atoms with E-state index in [0.29, 0.717) is 10.9 Å². The molecule has 0 saturated carbocycles. The average Bonchev–Trinajstić information content (AvgIpc) is 3.04. The van der Waals surface area contributed by atoms with E-state index in [0.717, 1.165) is 76.8 Å². The van der Waals surface area contributed by atoms with Crippen LogP contribution in [-0.4, -0.2) is 56.9 Å². The highest BCUT2D eigenvalue weighted by Crippen LogP contribution is 2.43. The van der Waals surface area contributed by atoms with Crippen molar-refractivity contribution < 1.29 is 29.6 Å². The van der Waals surface area contributed by atoms with Crippen LogP contribution in [0.3, 0.4) is 0 Å². The Hall–Kier alpha value is -3.75. The van der Waals surface area contributed by atoms with Crippen molar-refractivity contribution in [3.05, 3.63) is 95.1 Å². The van der Waals surface area contributed by atoms with Gasteiger partial charge in [0.2, 0.25) is 0 Å². The molecule has 0 heterocycles. The number of hydrogen-bond donors (Lipinski definition) is 4. The number of benzene rings is 6. The summed E-state index contributed by atoms with van der Waals surface area (Å²) in [4.78, 5) is 0. The minimum atomic E-state index is -1.37. The van der Waals surface area contributed by atoms with Crippen LogP contribution in [0.15, 0.2) is 72.8 Å². The monoisotopic (exact) mass is 698 g/mol. The topological polar surface area (TPSA) is 99.4 Å². The highest BCUT2D eigenvalue weighted by molar-refractivity contribution is 6.66. The smallest absolute Gasteiger partial charge is 0.423 e. The second-order valence-corrected chi connectivity index (χ2v) is 16.8. The van der Waals surface area contributed by atoms with Gasteiger partial charge < -0.3 is 29.6 Å². The van der Waals surface area contributed by atoms with E-state index in [1.54, 1.807) is 55.4 Å². The molecule has 0 radical (unpaired) electrons. The maximum atomic E-state index is 12.0. The van der Waals surface area contributed by atoms with E-state index < -0.39 is 36.6 Å². The van der Waals surface area contributed by atoms with E-state index >= 15 is 0 Å². The van der Waals surface area contributed by atoms with Gasteiger partial charge in [-0.05, 0) is 160 Å². The van der Waals surface area contributed by atoms with E-state index in [4.69, 9.17) is 9.31 Å². The van der Waals surface area contributed by atoms with Gasteiger partial charge in [-0.3, -0.25) is 0 Å². The Bertz CT molecular complexity index is 2150. The van der Waals surface area contributed by atoms with Crippen molar-refractivity contribution in [3.63, 3.8) is 0 Å². The van der Waals surface area contributed by atoms with Crippen LogP contribution in [0.1, 0.15) is 77.6 Å². The van der Waals surface area contributed by atoms with Crippen LogP contribution in [0, 0.1) is 27.7 Å². The maximum Gasteiger partial charge on any atom is 0.492 e. The van der Waals surface area contributed by atoms with Gasteiger partial charge in [-0.1, -0.05) is 83.9 Å². The summed E-state index contributed by atoms with van der Waals surface area (Å²) in [5.41, 5.74) is 4.87. The molecule has 0 aliphatic rings. The number of hydrogen-bond acceptors (Lipinski definition) is 6. The summed E-state index contributed by atoms with van der Waals surface area (Å²) < 4.78 is 12.6. The van der Waals surface area contributed by atoms with Gasteiger partial charge in [-0.15, -0.1) is 0 Å². The quantitative estimate of drug-likeness (QED) is 0.0867. The van der Waals surface area contributed by atoms with Crippen molar-refractivity contribution in [2.45, 2.75) is 105 Å². The van der Waals surface area contributed by atoms with Gasteiger partial charge in [0.05, 0.1) is 22.4 Å². The van der Waals surface area contributed by atoms with Gasteiger partial charge in [0, 0.05) is 0 Å². The molecule has 6 nitrogen and oxygen atoms in total. The molecule has 270 valence electrons. The SMILES string of the molecule is Cc1ccc(C)c(-c2cc(B(O)OC(C)(C)C(C)(C)O)c3ccc4c(-c5cc(C)ccc5C)cc(B(O)OC(C)(C)C(C)(C)O)c5ccc2c3c54)c1. The molecule has 6 aromatic rings. The summed E-state index contributed by atoms with van der Waals surface area (Å²) in [5, 5.41) is 51.4. The summed E-state index contributed by atoms with van der Waals surface area (Å²) in [7, 11) is -2.73. The van der Waals surface area contributed by atoms with Crippen molar-refractivity contribution in [2.24, 2.45) is 0 Å². The molecule has 0 aliphatic carbocycles. The van der Waals surface area contributed by atoms with Crippen LogP contribution < -0.4 is 10.9 Å². The van der Waals surface area contributed by atoms with Crippen LogP contribution in [0.2, 0.25) is 0 Å². The Morgan fingerprint density at radius 1 is 0.442 bits per heavy atom. The fourth-order valence-electron chi connectivity index (χ4n) is 6.93. The highest BCUT2D eigenvalue weighted by atomic mass is 16.6. The molecule has 0 unspecified atom stereocenters. The molecule has 0 aromatic heterocycles. The second kappa shape index (κ2) is 13.0. The van der Waals surface area contributed by atoms with E-state index in [1.807, 2.05) is 12.1 Å². The van der Waals surface area contributed by atoms with Gasteiger partial charge in [0.15, 0.2) is 0 Å². The van der Waals surface area contributed by atoms with Gasteiger partial charge in [-0.25, -0.2) is 0 Å². The zero-order valence-corrected chi connectivity index (χ0v) is 32.7. The van der Waals surface area contributed by atoms with Crippen molar-refractivity contribution in [3.8, 4) is 22.3 Å². The molecule has 0 saturated heterocycles. The Morgan fingerprint density at radius 2 is 0.769 bits per heavy atom. The van der Waals surface area contributed by atoms with Crippen LogP contribution in [0.4, 0.5) is 0 Å². The van der Waals surface area contributed by atoms with Gasteiger partial charge in [-0.2, -0.15) is 0 Å². The first-order valence-corrected chi connectivity index (χ1v) is 18.1. The van der Waals surface area contributed by atoms with Crippen molar-refractivity contribution >= 4 is 57.5 Å². The molecule has 0 bridgehead atoms. The zero-order valence-electron chi connectivity index (χ0n) is 32.7. The van der Waals surface area contributed by atoms with Crippen molar-refractivity contribution in [2.75, 3.05) is 0 Å². The van der Waals surface area contributed by atoms with E-state index in [2.05, 4.69) is 88.4 Å². The van der Waals surface area contributed by atoms with Gasteiger partial charge >= 0.3 is 14.2 Å². The third-order valence-corrected chi connectivity index (χ3v) is 11.6. The molecule has 6 aromatic carbocycles. The summed E-state index contributed by atoms with van der Waals surface area (Å²) in [6.07, 6.45) is 0. The predicted octanol–water partition coefficient (Wildman–Crippen LogP) is 7.66. The summed E-state index contributed by atoms with van der Waals surface area (Å²) >= 11 is 0. The Morgan fingerprint density at radius 3 is 1.10 bits per heavy atom. The lowest BCUT2D eigenvalue weighted by atomic mass is 9.69. The lowest BCUT2D eigenvalue weighted by molar-refractivity contribution is -0.0982. The Labute approximate surface area is 309 Å². The predicted molar refractivity (Wildman–Crippen MR) is 218 cm³/mol. The fourth-order valence-corrected chi connectivity index (χ4v) is 6.93. The van der Waals surface area contributed by atoms with E-state index in [9.17, 15) is 20.3 Å². The number of rotatable bonds is 10. The molecule has 0 atom stereocenters. The summed E-state index contributed by atoms with van der Waals surface area (Å²) in [5.74, 6) is 0. The first kappa shape index (κ1) is 38.0. The minimum absolute atomic E-state index is 0.578. The second-order valence-electron chi connectivity index (χ2n) is 16.8. The molecular weight excluding hydrogens is 646 g/mol. The molecule has 0 aliphatic heterocycles. The van der Waals surface area contributed by atoms with Crippen molar-refractivity contribution in [1.29, 1.82) is 0 Å². The van der Waals surface area contributed by atoms with Crippen LogP contribution in [0.5, 0.6) is 0 Å². The minimum Gasteiger partial charge on any atom is -0.423 e. The summed E-state index contributed by atoms with van der Waals surface area (Å²) in [6.45, 7) is 22.1. The van der Waals surface area contributed by atoms with Gasteiger partial charge in [0.25, 0.3) is 0 Å². The standard InChI is InChI=1S/C44H52B2O6/c1-25-13-15-27(3)33(21-25)35-23-37(45(49)51-43(9,10)41(5,6)47)31-20-18-30-36(34-22-26(2)14-16-28(34)4)24-38(32-19-17-29(35)39(31)40(30)32)46(50)52-44(11,12)42(7,8)48/h13-24,47-50H,1-12H3. The van der Waals surface area contributed by atoms with Gasteiger partial charge in [0.1, 0.15) is 0 Å². The lowest BCUT2D eigenvalue weighted by Gasteiger charge is -2.38. The molecular formula is C44H52B2O6. The van der Waals surface area contributed by atoms with E-state index in [1.165, 1.54) is 0 Å². The van der Waals surface area contributed by atoms with Crippen LogP contribution in [0.25, 0.3) is 54.6 Å². The van der Waals surface area contributed by atoms with E-state index in [-0.39, 0.29) is 0 Å². The molecule has 0 fully saturated rings. The fraction of sp³-hybridized carbons (Fsp3) is 0.364. The normalized spacial score (nSPS) is 13.2. The lowest BCUT2D eigenvalue weighted by Crippen LogP contribution is -2.53. The largest absolute Gasteiger partial charge is 0.492 e. The molecule has 8 heteroatoms. The Balaban J connectivity index is 1.77.